The van der Waals surface area contributed by atoms with E-state index in [1.54, 1.807) is 36.4 Å². The zero-order valence-electron chi connectivity index (χ0n) is 9.80. The van der Waals surface area contributed by atoms with Crippen LogP contribution in [0.1, 0.15) is 11.1 Å². The molecule has 0 aliphatic carbocycles. The average Bonchev–Trinajstić information content (AvgIpc) is 2.39. The summed E-state index contributed by atoms with van der Waals surface area (Å²) >= 11 is 23.9. The number of benzene rings is 2. The van der Waals surface area contributed by atoms with Gasteiger partial charge in [-0.05, 0) is 30.3 Å². The van der Waals surface area contributed by atoms with Crippen molar-refractivity contribution in [3.63, 3.8) is 0 Å². The van der Waals surface area contributed by atoms with Gasteiger partial charge in [-0.25, -0.2) is 0 Å². The van der Waals surface area contributed by atoms with Crippen molar-refractivity contribution in [2.24, 2.45) is 0 Å². The van der Waals surface area contributed by atoms with Gasteiger partial charge >= 0.3 is 0 Å². The molecule has 0 saturated carbocycles. The van der Waals surface area contributed by atoms with Crippen LogP contribution in [0.25, 0.3) is 0 Å². The second-order valence-corrected chi connectivity index (χ2v) is 5.39. The molecule has 0 unspecified atom stereocenters. The highest BCUT2D eigenvalue weighted by Gasteiger charge is 2.08. The van der Waals surface area contributed by atoms with Crippen LogP contribution in [0, 0.1) is 0 Å². The first-order valence-electron chi connectivity index (χ1n) is 5.52. The van der Waals surface area contributed by atoms with Crippen LogP contribution in [0.5, 0.6) is 5.75 Å². The van der Waals surface area contributed by atoms with Crippen molar-refractivity contribution in [1.29, 1.82) is 0 Å². The zero-order valence-corrected chi connectivity index (χ0v) is 12.8. The smallest absolute Gasteiger partial charge is 0.124 e. The van der Waals surface area contributed by atoms with Gasteiger partial charge in [-0.3, -0.25) is 0 Å². The van der Waals surface area contributed by atoms with E-state index in [0.717, 1.165) is 11.1 Å². The molecule has 0 amide bonds. The number of rotatable bonds is 4. The van der Waals surface area contributed by atoms with Crippen molar-refractivity contribution in [2.75, 3.05) is 0 Å². The van der Waals surface area contributed by atoms with Gasteiger partial charge in [0.25, 0.3) is 0 Å². The van der Waals surface area contributed by atoms with Gasteiger partial charge in [0, 0.05) is 26.2 Å². The third-order valence-corrected chi connectivity index (χ3v) is 3.83. The lowest BCUT2D eigenvalue weighted by Crippen LogP contribution is -1.99. The SMILES string of the molecule is ClCc1cc(Cl)ccc1OCc1c(Cl)cccc1Cl. The molecule has 0 atom stereocenters. The highest BCUT2D eigenvalue weighted by molar-refractivity contribution is 6.36. The fraction of sp³-hybridized carbons (Fsp3) is 0.143. The third kappa shape index (κ3) is 3.70. The lowest BCUT2D eigenvalue weighted by Gasteiger charge is -2.12. The molecule has 0 fully saturated rings. The zero-order chi connectivity index (χ0) is 13.8. The Morgan fingerprint density at radius 2 is 1.63 bits per heavy atom. The molecule has 5 heteroatoms. The summed E-state index contributed by atoms with van der Waals surface area (Å²) in [6.45, 7) is 0.282. The first-order valence-corrected chi connectivity index (χ1v) is 7.18. The Hall–Kier alpha value is -0.600. The second kappa shape index (κ2) is 6.71. The molecule has 19 heavy (non-hydrogen) atoms. The first kappa shape index (κ1) is 14.8. The molecule has 0 saturated heterocycles. The molecular weight excluding hydrogens is 326 g/mol. The van der Waals surface area contributed by atoms with Crippen LogP contribution in [0.4, 0.5) is 0 Å². The summed E-state index contributed by atoms with van der Waals surface area (Å²) in [6.07, 6.45) is 0. The molecule has 0 spiro atoms. The normalized spacial score (nSPS) is 10.5. The van der Waals surface area contributed by atoms with Crippen molar-refractivity contribution >= 4 is 46.4 Å². The number of halogens is 4. The van der Waals surface area contributed by atoms with Crippen LogP contribution in [0.15, 0.2) is 36.4 Å². The monoisotopic (exact) mass is 334 g/mol. The van der Waals surface area contributed by atoms with Crippen LogP contribution in [-0.2, 0) is 12.5 Å². The summed E-state index contributed by atoms with van der Waals surface area (Å²) in [6, 6.07) is 10.7. The van der Waals surface area contributed by atoms with Gasteiger partial charge in [-0.2, -0.15) is 0 Å². The lowest BCUT2D eigenvalue weighted by atomic mass is 10.2. The molecule has 1 nitrogen and oxygen atoms in total. The van der Waals surface area contributed by atoms with E-state index in [-0.39, 0.29) is 6.61 Å². The first-order chi connectivity index (χ1) is 9.11. The lowest BCUT2D eigenvalue weighted by molar-refractivity contribution is 0.304. The summed E-state index contributed by atoms with van der Waals surface area (Å²) in [5, 5.41) is 1.78. The van der Waals surface area contributed by atoms with E-state index in [1.165, 1.54) is 0 Å². The van der Waals surface area contributed by atoms with Gasteiger partial charge in [0.1, 0.15) is 12.4 Å². The second-order valence-electron chi connectivity index (χ2n) is 3.87. The van der Waals surface area contributed by atoms with Crippen molar-refractivity contribution < 1.29 is 4.74 Å². The molecule has 0 bridgehead atoms. The maximum Gasteiger partial charge on any atom is 0.124 e. The highest BCUT2D eigenvalue weighted by Crippen LogP contribution is 2.29. The van der Waals surface area contributed by atoms with Crippen molar-refractivity contribution in [2.45, 2.75) is 12.5 Å². The van der Waals surface area contributed by atoms with Gasteiger partial charge in [0.2, 0.25) is 0 Å². The van der Waals surface area contributed by atoms with E-state index >= 15 is 0 Å². The molecule has 0 N–H and O–H groups in total. The molecule has 0 radical (unpaired) electrons. The largest absolute Gasteiger partial charge is 0.488 e. The minimum absolute atomic E-state index is 0.282. The van der Waals surface area contributed by atoms with Crippen LogP contribution >= 0.6 is 46.4 Å². The Balaban J connectivity index is 2.19. The minimum atomic E-state index is 0.282. The quantitative estimate of drug-likeness (QED) is 0.626. The fourth-order valence-electron chi connectivity index (χ4n) is 1.61. The van der Waals surface area contributed by atoms with Gasteiger partial charge in [0.05, 0.1) is 5.88 Å². The summed E-state index contributed by atoms with van der Waals surface area (Å²) in [7, 11) is 0. The highest BCUT2D eigenvalue weighted by atomic mass is 35.5. The van der Waals surface area contributed by atoms with Gasteiger partial charge in [0.15, 0.2) is 0 Å². The molecule has 100 valence electrons. The predicted molar refractivity (Wildman–Crippen MR) is 81.8 cm³/mol. The van der Waals surface area contributed by atoms with Gasteiger partial charge in [-0.15, -0.1) is 11.6 Å². The average molecular weight is 336 g/mol. The molecule has 2 aromatic carbocycles. The molecule has 0 heterocycles. The van der Waals surface area contributed by atoms with Gasteiger partial charge < -0.3 is 4.74 Å². The van der Waals surface area contributed by atoms with Crippen molar-refractivity contribution in [3.05, 3.63) is 62.6 Å². The Kier molecular flexibility index (Phi) is 5.23. The van der Waals surface area contributed by atoms with E-state index in [1.807, 2.05) is 0 Å². The minimum Gasteiger partial charge on any atom is -0.488 e. The van der Waals surface area contributed by atoms with E-state index < -0.39 is 0 Å². The molecule has 2 aromatic rings. The van der Waals surface area contributed by atoms with Crippen LogP contribution in [0.2, 0.25) is 15.1 Å². The van der Waals surface area contributed by atoms with Crippen molar-refractivity contribution in [3.8, 4) is 5.75 Å². The Bertz CT molecular complexity index is 563. The van der Waals surface area contributed by atoms with E-state index in [4.69, 9.17) is 51.1 Å². The van der Waals surface area contributed by atoms with Crippen LogP contribution in [-0.4, -0.2) is 0 Å². The van der Waals surface area contributed by atoms with Gasteiger partial charge in [-0.1, -0.05) is 40.9 Å². The Morgan fingerprint density at radius 3 is 2.26 bits per heavy atom. The van der Waals surface area contributed by atoms with E-state index in [0.29, 0.717) is 26.7 Å². The molecule has 0 aromatic heterocycles. The topological polar surface area (TPSA) is 9.23 Å². The number of ether oxygens (including phenoxy) is 1. The third-order valence-electron chi connectivity index (χ3n) is 2.60. The Morgan fingerprint density at radius 1 is 0.947 bits per heavy atom. The molecular formula is C14H10Cl4O. The summed E-state index contributed by atoms with van der Waals surface area (Å²) in [5.74, 6) is 1.00. The van der Waals surface area contributed by atoms with Crippen LogP contribution in [0.3, 0.4) is 0 Å². The summed E-state index contributed by atoms with van der Waals surface area (Å²) in [4.78, 5) is 0. The number of hydrogen-bond acceptors (Lipinski definition) is 1. The molecule has 2 rings (SSSR count). The molecule has 0 aliphatic rings. The van der Waals surface area contributed by atoms with Crippen LogP contribution < -0.4 is 4.74 Å². The Labute approximate surface area is 132 Å². The summed E-state index contributed by atoms with van der Waals surface area (Å²) in [5.41, 5.74) is 1.58. The number of alkyl halides is 1. The maximum atomic E-state index is 6.08. The standard InChI is InChI=1S/C14H10Cl4O/c15-7-9-6-10(16)4-5-14(9)19-8-11-12(17)2-1-3-13(11)18/h1-6H,7-8H2. The predicted octanol–water partition coefficient (Wildman–Crippen LogP) is 5.96. The van der Waals surface area contributed by atoms with E-state index in [2.05, 4.69) is 0 Å². The maximum absolute atomic E-state index is 6.08. The fourth-order valence-corrected chi connectivity index (χ4v) is 2.52. The van der Waals surface area contributed by atoms with E-state index in [9.17, 15) is 0 Å². The molecule has 0 aliphatic heterocycles. The number of hydrogen-bond donors (Lipinski definition) is 0. The van der Waals surface area contributed by atoms with Crippen molar-refractivity contribution in [1.82, 2.24) is 0 Å². The summed E-state index contributed by atoms with van der Waals surface area (Å²) < 4.78 is 5.72.